The van der Waals surface area contributed by atoms with Crippen LogP contribution in [0.3, 0.4) is 0 Å². The lowest BCUT2D eigenvalue weighted by atomic mass is 9.80. The second-order valence-electron chi connectivity index (χ2n) is 5.15. The third-order valence-electron chi connectivity index (χ3n) is 3.80. The Bertz CT molecular complexity index is 235. The molecule has 0 aromatic carbocycles. The first-order chi connectivity index (χ1) is 8.15. The van der Waals surface area contributed by atoms with Gasteiger partial charge in [-0.1, -0.05) is 26.2 Å². The number of rotatable bonds is 6. The number of thioether (sulfide) groups is 1. The lowest BCUT2D eigenvalue weighted by Crippen LogP contribution is -2.43. The normalized spacial score (nSPS) is 26.5. The zero-order valence-corrected chi connectivity index (χ0v) is 11.9. The molecule has 0 radical (unpaired) electrons. The predicted octanol–water partition coefficient (Wildman–Crippen LogP) is 2.01. The molecule has 1 rings (SSSR count). The summed E-state index contributed by atoms with van der Waals surface area (Å²) in [5, 5.41) is 3.02. The van der Waals surface area contributed by atoms with E-state index >= 15 is 0 Å². The minimum absolute atomic E-state index is 0.0248. The van der Waals surface area contributed by atoms with E-state index < -0.39 is 0 Å². The zero-order chi connectivity index (χ0) is 12.7. The Labute approximate surface area is 109 Å². The van der Waals surface area contributed by atoms with Crippen LogP contribution in [0.15, 0.2) is 0 Å². The van der Waals surface area contributed by atoms with Crippen molar-refractivity contribution >= 4 is 17.7 Å². The van der Waals surface area contributed by atoms with Crippen LogP contribution in [0.25, 0.3) is 0 Å². The summed E-state index contributed by atoms with van der Waals surface area (Å²) < 4.78 is 0. The highest BCUT2D eigenvalue weighted by atomic mass is 32.2. The van der Waals surface area contributed by atoms with E-state index in [1.807, 2.05) is 6.26 Å². The molecule has 0 saturated heterocycles. The van der Waals surface area contributed by atoms with E-state index in [1.165, 1.54) is 25.7 Å². The van der Waals surface area contributed by atoms with E-state index in [2.05, 4.69) is 12.2 Å². The van der Waals surface area contributed by atoms with Crippen LogP contribution in [0.4, 0.5) is 0 Å². The van der Waals surface area contributed by atoms with Crippen LogP contribution in [0.5, 0.6) is 0 Å². The van der Waals surface area contributed by atoms with Gasteiger partial charge in [0.2, 0.25) is 5.91 Å². The minimum Gasteiger partial charge on any atom is -0.354 e. The fraction of sp³-hybridized carbons (Fsp3) is 0.923. The first-order valence-corrected chi connectivity index (χ1v) is 8.06. The van der Waals surface area contributed by atoms with Crippen molar-refractivity contribution in [1.29, 1.82) is 0 Å². The van der Waals surface area contributed by atoms with Crippen LogP contribution >= 0.6 is 11.8 Å². The molecule has 3 atom stereocenters. The van der Waals surface area contributed by atoms with Crippen LogP contribution in [-0.2, 0) is 4.79 Å². The van der Waals surface area contributed by atoms with Crippen molar-refractivity contribution in [3.8, 4) is 0 Å². The highest BCUT2D eigenvalue weighted by Gasteiger charge is 2.22. The van der Waals surface area contributed by atoms with Gasteiger partial charge in [-0.05, 0) is 36.7 Å². The fourth-order valence-corrected chi connectivity index (χ4v) is 2.92. The second kappa shape index (κ2) is 7.98. The first kappa shape index (κ1) is 14.8. The van der Waals surface area contributed by atoms with Crippen LogP contribution < -0.4 is 11.1 Å². The highest BCUT2D eigenvalue weighted by molar-refractivity contribution is 7.98. The molecule has 17 heavy (non-hydrogen) atoms. The van der Waals surface area contributed by atoms with Crippen LogP contribution in [0, 0.1) is 11.8 Å². The number of carbonyl (C=O) groups excluding carboxylic acids is 1. The maximum atomic E-state index is 11.8. The largest absolute Gasteiger partial charge is 0.354 e. The molecule has 1 amide bonds. The van der Waals surface area contributed by atoms with Crippen molar-refractivity contribution in [2.24, 2.45) is 17.6 Å². The molecular formula is C13H26N2OS. The summed E-state index contributed by atoms with van der Waals surface area (Å²) in [6.45, 7) is 3.11. The summed E-state index contributed by atoms with van der Waals surface area (Å²) in [6.07, 6.45) is 8.02. The average Bonchev–Trinajstić information content (AvgIpc) is 2.34. The Morgan fingerprint density at radius 3 is 2.82 bits per heavy atom. The molecule has 4 heteroatoms. The van der Waals surface area contributed by atoms with Gasteiger partial charge in [-0.2, -0.15) is 11.8 Å². The van der Waals surface area contributed by atoms with E-state index in [0.29, 0.717) is 5.92 Å². The quantitative estimate of drug-likeness (QED) is 0.766. The van der Waals surface area contributed by atoms with Crippen molar-refractivity contribution in [1.82, 2.24) is 5.32 Å². The molecule has 1 fully saturated rings. The zero-order valence-electron chi connectivity index (χ0n) is 11.1. The van der Waals surface area contributed by atoms with Crippen LogP contribution in [0.1, 0.15) is 39.0 Å². The fourth-order valence-electron chi connectivity index (χ4n) is 2.43. The lowest BCUT2D eigenvalue weighted by Gasteiger charge is -2.29. The van der Waals surface area contributed by atoms with Crippen molar-refractivity contribution in [3.05, 3.63) is 0 Å². The van der Waals surface area contributed by atoms with Gasteiger partial charge in [0.25, 0.3) is 0 Å². The van der Waals surface area contributed by atoms with E-state index in [9.17, 15) is 4.79 Å². The standard InChI is InChI=1S/C13H26N2OS/c1-10-5-3-4-6-11(10)9-15-13(16)12(14)7-8-17-2/h10-12H,3-9,14H2,1-2H3,(H,15,16)/t10?,11?,12-/m0/s1. The number of hydrogen-bond donors (Lipinski definition) is 2. The third kappa shape index (κ3) is 5.30. The van der Waals surface area contributed by atoms with E-state index in [-0.39, 0.29) is 11.9 Å². The number of nitrogens with one attached hydrogen (secondary N) is 1. The summed E-state index contributed by atoms with van der Waals surface area (Å²) in [7, 11) is 0. The SMILES string of the molecule is CSCC[C@H](N)C(=O)NCC1CCCCC1C. The summed E-state index contributed by atoms with van der Waals surface area (Å²) >= 11 is 1.73. The monoisotopic (exact) mass is 258 g/mol. The number of hydrogen-bond acceptors (Lipinski definition) is 3. The van der Waals surface area contributed by atoms with Crippen LogP contribution in [-0.4, -0.2) is 30.5 Å². The van der Waals surface area contributed by atoms with Gasteiger partial charge in [0, 0.05) is 6.54 Å². The third-order valence-corrected chi connectivity index (χ3v) is 4.44. The Kier molecular flexibility index (Phi) is 6.97. The predicted molar refractivity (Wildman–Crippen MR) is 75.1 cm³/mol. The summed E-state index contributed by atoms with van der Waals surface area (Å²) in [5.41, 5.74) is 5.83. The molecule has 0 aromatic heterocycles. The van der Waals surface area contributed by atoms with Crippen molar-refractivity contribution in [2.75, 3.05) is 18.6 Å². The molecule has 1 saturated carbocycles. The molecule has 100 valence electrons. The maximum absolute atomic E-state index is 11.8. The molecule has 0 bridgehead atoms. The molecule has 0 spiro atoms. The van der Waals surface area contributed by atoms with E-state index in [0.717, 1.165) is 24.6 Å². The van der Waals surface area contributed by atoms with Gasteiger partial charge in [-0.3, -0.25) is 4.79 Å². The van der Waals surface area contributed by atoms with Gasteiger partial charge in [0.15, 0.2) is 0 Å². The summed E-state index contributed by atoms with van der Waals surface area (Å²) in [6, 6.07) is -0.332. The van der Waals surface area contributed by atoms with E-state index in [4.69, 9.17) is 5.73 Å². The molecular weight excluding hydrogens is 232 g/mol. The summed E-state index contributed by atoms with van der Waals surface area (Å²) in [5.74, 6) is 2.37. The second-order valence-corrected chi connectivity index (χ2v) is 6.14. The van der Waals surface area contributed by atoms with Gasteiger partial charge in [0.1, 0.15) is 0 Å². The van der Waals surface area contributed by atoms with Crippen LogP contribution in [0.2, 0.25) is 0 Å². The number of amides is 1. The topological polar surface area (TPSA) is 55.1 Å². The molecule has 2 unspecified atom stereocenters. The Balaban J connectivity index is 2.22. The highest BCUT2D eigenvalue weighted by Crippen LogP contribution is 2.28. The Hall–Kier alpha value is -0.220. The first-order valence-electron chi connectivity index (χ1n) is 6.67. The maximum Gasteiger partial charge on any atom is 0.236 e. The van der Waals surface area contributed by atoms with Gasteiger partial charge in [0.05, 0.1) is 6.04 Å². The van der Waals surface area contributed by atoms with Crippen molar-refractivity contribution < 1.29 is 4.79 Å². The lowest BCUT2D eigenvalue weighted by molar-refractivity contribution is -0.122. The van der Waals surface area contributed by atoms with E-state index in [1.54, 1.807) is 11.8 Å². The Morgan fingerprint density at radius 2 is 2.18 bits per heavy atom. The van der Waals surface area contributed by atoms with Gasteiger partial charge in [-0.25, -0.2) is 0 Å². The van der Waals surface area contributed by atoms with Gasteiger partial charge in [-0.15, -0.1) is 0 Å². The molecule has 1 aliphatic rings. The van der Waals surface area contributed by atoms with Crippen molar-refractivity contribution in [3.63, 3.8) is 0 Å². The molecule has 0 heterocycles. The van der Waals surface area contributed by atoms with Crippen molar-refractivity contribution in [2.45, 2.75) is 45.1 Å². The number of nitrogens with two attached hydrogens (primary N) is 1. The average molecular weight is 258 g/mol. The molecule has 3 nitrogen and oxygen atoms in total. The molecule has 0 aromatic rings. The molecule has 1 aliphatic carbocycles. The number of carbonyl (C=O) groups is 1. The Morgan fingerprint density at radius 1 is 1.47 bits per heavy atom. The smallest absolute Gasteiger partial charge is 0.236 e. The summed E-state index contributed by atoms with van der Waals surface area (Å²) in [4.78, 5) is 11.8. The minimum atomic E-state index is -0.332. The molecule has 0 aliphatic heterocycles. The van der Waals surface area contributed by atoms with Gasteiger partial charge < -0.3 is 11.1 Å². The molecule has 3 N–H and O–H groups in total. The van der Waals surface area contributed by atoms with Gasteiger partial charge >= 0.3 is 0 Å².